The number of esters is 2. The van der Waals surface area contributed by atoms with Crippen molar-refractivity contribution in [2.75, 3.05) is 47.5 Å². The Morgan fingerprint density at radius 3 is 0.825 bits per heavy atom. The molecule has 0 saturated heterocycles. The van der Waals surface area contributed by atoms with Gasteiger partial charge in [-0.05, 0) is 128 Å². The number of ether oxygens (including phenoxy) is 4. The lowest BCUT2D eigenvalue weighted by atomic mass is 10.0. The van der Waals surface area contributed by atoms with Crippen molar-refractivity contribution >= 4 is 17.9 Å². The van der Waals surface area contributed by atoms with Crippen LogP contribution in [0, 0.1) is 0 Å². The van der Waals surface area contributed by atoms with Crippen LogP contribution >= 0.6 is 0 Å². The van der Waals surface area contributed by atoms with Gasteiger partial charge in [0.1, 0.15) is 13.2 Å². The van der Waals surface area contributed by atoms with Gasteiger partial charge in [-0.25, -0.2) is 0 Å². The number of carboxylic acid groups (broad SMARTS) is 1. The molecular weight excluding hydrogens is 1200 g/mol. The molecule has 9 heteroatoms. The molecule has 0 aromatic heterocycles. The predicted molar refractivity (Wildman–Crippen MR) is 416 cm³/mol. The molecule has 0 aliphatic heterocycles. The largest absolute Gasteiger partial charge is 0.545 e. The Labute approximate surface area is 597 Å². The number of allylic oxidation sites excluding steroid dienone is 28. The first kappa shape index (κ1) is 91.6. The molecule has 0 aliphatic carbocycles. The molecule has 0 radical (unpaired) electrons. The summed E-state index contributed by atoms with van der Waals surface area (Å²) in [6, 6.07) is 0. The minimum absolute atomic E-state index is 0.139. The molecule has 0 spiro atoms. The van der Waals surface area contributed by atoms with E-state index in [2.05, 4.69) is 184 Å². The van der Waals surface area contributed by atoms with Gasteiger partial charge in [0.2, 0.25) is 0 Å². The average molecular weight is 1350 g/mol. The van der Waals surface area contributed by atoms with Crippen LogP contribution < -0.4 is 5.11 Å². The van der Waals surface area contributed by atoms with Gasteiger partial charge >= 0.3 is 11.9 Å². The summed E-state index contributed by atoms with van der Waals surface area (Å²) in [5.74, 6) is -2.30. The quantitative estimate of drug-likeness (QED) is 0.0195. The zero-order valence-electron chi connectivity index (χ0n) is 62.9. The van der Waals surface area contributed by atoms with Crippen molar-refractivity contribution in [2.24, 2.45) is 0 Å². The molecule has 2 unspecified atom stereocenters. The van der Waals surface area contributed by atoms with Crippen LogP contribution in [-0.4, -0.2) is 82.3 Å². The fraction of sp³-hybridized carbons (Fsp3) is 0.648. The molecule has 0 aliphatic rings. The maximum absolute atomic E-state index is 13.0. The minimum atomic E-state index is -1.63. The molecule has 0 fully saturated rings. The Bertz CT molecular complexity index is 2210. The Hall–Kier alpha value is -5.35. The maximum Gasteiger partial charge on any atom is 0.306 e. The van der Waals surface area contributed by atoms with E-state index in [9.17, 15) is 19.5 Å². The summed E-state index contributed by atoms with van der Waals surface area (Å²) in [5, 5.41) is 11.9. The molecule has 0 saturated carbocycles. The van der Waals surface area contributed by atoms with Gasteiger partial charge in [-0.15, -0.1) is 0 Å². The first-order valence-corrected chi connectivity index (χ1v) is 39.3. The lowest BCUT2D eigenvalue weighted by molar-refractivity contribution is -0.870. The van der Waals surface area contributed by atoms with Crippen LogP contribution in [0.1, 0.15) is 309 Å². The molecule has 0 heterocycles. The normalized spacial score (nSPS) is 13.6. The Balaban J connectivity index is 4.10. The fourth-order valence-corrected chi connectivity index (χ4v) is 10.6. The second kappa shape index (κ2) is 76.4. The van der Waals surface area contributed by atoms with Gasteiger partial charge in [0, 0.05) is 12.8 Å². The molecule has 550 valence electrons. The lowest BCUT2D eigenvalue weighted by Crippen LogP contribution is -2.44. The Morgan fingerprint density at radius 1 is 0.309 bits per heavy atom. The Kier molecular flexibility index (Phi) is 72.2. The molecule has 0 aromatic rings. The van der Waals surface area contributed by atoms with Crippen LogP contribution in [0.3, 0.4) is 0 Å². The molecule has 9 nitrogen and oxygen atoms in total. The maximum atomic E-state index is 13.0. The van der Waals surface area contributed by atoms with Crippen molar-refractivity contribution in [2.45, 2.75) is 322 Å². The third-order valence-electron chi connectivity index (χ3n) is 16.5. The van der Waals surface area contributed by atoms with E-state index in [0.29, 0.717) is 17.4 Å². The molecule has 0 rings (SSSR count). The number of unbranched alkanes of at least 4 members (excludes halogenated alkanes) is 28. The van der Waals surface area contributed by atoms with Crippen LogP contribution in [0.4, 0.5) is 0 Å². The van der Waals surface area contributed by atoms with Gasteiger partial charge in [-0.3, -0.25) is 9.59 Å². The van der Waals surface area contributed by atoms with Gasteiger partial charge in [0.15, 0.2) is 12.4 Å². The highest BCUT2D eigenvalue weighted by molar-refractivity contribution is 5.70. The first-order chi connectivity index (χ1) is 47.6. The van der Waals surface area contributed by atoms with E-state index < -0.39 is 24.3 Å². The standard InChI is InChI=1S/C88H145NO8/c1-6-8-10-12-14-16-18-20-22-24-26-28-30-32-34-36-38-40-42-43-45-46-48-50-52-54-56-58-60-62-64-66-68-70-72-74-76-78-85(90)95-82-84(83-96-88(87(92)93)94-81-80-89(3,4)5)97-86(91)79-77-75-73-71-69-67-65-63-61-59-57-55-53-51-49-47-44-41-39-37-35-33-31-29-27-25-23-21-19-17-15-13-11-9-7-2/h8-11,14-17,20-23,26-29,32-35,39,41,47,49,53,55,59,61,84,88H,6-7,12-13,18-19,24-25,30-31,36-38,40,42-46,48,50-52,54,56-58,60,62-83H2,1-5H3/b10-8-,11-9-,16-14-,17-15-,22-20-,23-21-,28-26-,29-27-,34-32-,35-33-,41-39-,49-47-,55-53-,61-59-. The van der Waals surface area contributed by atoms with E-state index in [1.165, 1.54) is 141 Å². The molecular formula is C88H145NO8. The summed E-state index contributed by atoms with van der Waals surface area (Å²) >= 11 is 0. The zero-order chi connectivity index (χ0) is 70.4. The number of nitrogens with zero attached hydrogens (tertiary/aromatic N) is 1. The van der Waals surface area contributed by atoms with E-state index in [1.807, 2.05) is 21.1 Å². The number of rotatable bonds is 71. The van der Waals surface area contributed by atoms with Crippen molar-refractivity contribution in [3.8, 4) is 0 Å². The van der Waals surface area contributed by atoms with Crippen LogP contribution in [0.25, 0.3) is 0 Å². The van der Waals surface area contributed by atoms with Crippen molar-refractivity contribution in [3.63, 3.8) is 0 Å². The van der Waals surface area contributed by atoms with Gasteiger partial charge in [0.05, 0.1) is 40.3 Å². The van der Waals surface area contributed by atoms with Crippen LogP contribution in [0.2, 0.25) is 0 Å². The summed E-state index contributed by atoms with van der Waals surface area (Å²) < 4.78 is 22.8. The molecule has 0 aromatic carbocycles. The predicted octanol–water partition coefficient (Wildman–Crippen LogP) is 24.0. The van der Waals surface area contributed by atoms with Crippen LogP contribution in [-0.2, 0) is 33.3 Å². The topological polar surface area (TPSA) is 111 Å². The summed E-state index contributed by atoms with van der Waals surface area (Å²) in [4.78, 5) is 37.6. The van der Waals surface area contributed by atoms with Crippen molar-refractivity contribution < 1.29 is 42.9 Å². The molecule has 0 N–H and O–H groups in total. The summed E-state index contributed by atoms with van der Waals surface area (Å²) in [7, 11) is 5.93. The van der Waals surface area contributed by atoms with Gasteiger partial charge in [-0.1, -0.05) is 338 Å². The number of aliphatic carboxylic acids is 1. The zero-order valence-corrected chi connectivity index (χ0v) is 62.9. The van der Waals surface area contributed by atoms with Crippen LogP contribution in [0.5, 0.6) is 0 Å². The van der Waals surface area contributed by atoms with Crippen molar-refractivity contribution in [1.82, 2.24) is 0 Å². The van der Waals surface area contributed by atoms with Gasteiger partial charge in [0.25, 0.3) is 0 Å². The summed E-state index contributed by atoms with van der Waals surface area (Å²) in [6.07, 6.45) is 112. The number of quaternary nitrogens is 1. The number of carboxylic acids is 1. The molecule has 97 heavy (non-hydrogen) atoms. The second-order valence-electron chi connectivity index (χ2n) is 26.9. The monoisotopic (exact) mass is 1340 g/mol. The molecule has 0 bridgehead atoms. The highest BCUT2D eigenvalue weighted by atomic mass is 16.7. The fourth-order valence-electron chi connectivity index (χ4n) is 10.6. The third-order valence-corrected chi connectivity index (χ3v) is 16.5. The minimum Gasteiger partial charge on any atom is -0.545 e. The molecule has 0 amide bonds. The number of likely N-dealkylation sites (N-methyl/N-ethyl adjacent to an activating group) is 1. The number of hydrogen-bond donors (Lipinski definition) is 0. The van der Waals surface area contributed by atoms with Crippen molar-refractivity contribution in [3.05, 3.63) is 170 Å². The lowest BCUT2D eigenvalue weighted by Gasteiger charge is -2.26. The van der Waals surface area contributed by atoms with Gasteiger partial charge < -0.3 is 33.3 Å². The van der Waals surface area contributed by atoms with E-state index >= 15 is 0 Å². The summed E-state index contributed by atoms with van der Waals surface area (Å²) in [6.45, 7) is 4.52. The molecule has 2 atom stereocenters. The number of carbonyl (C=O) groups is 3. The first-order valence-electron chi connectivity index (χ1n) is 39.3. The van der Waals surface area contributed by atoms with E-state index in [4.69, 9.17) is 18.9 Å². The highest BCUT2D eigenvalue weighted by Gasteiger charge is 2.22. The Morgan fingerprint density at radius 2 is 0.557 bits per heavy atom. The number of carbonyl (C=O) groups excluding carboxylic acids is 3. The summed E-state index contributed by atoms with van der Waals surface area (Å²) in [5.41, 5.74) is 0. The van der Waals surface area contributed by atoms with E-state index in [1.54, 1.807) is 0 Å². The van der Waals surface area contributed by atoms with E-state index in [0.717, 1.165) is 135 Å². The smallest absolute Gasteiger partial charge is 0.306 e. The third kappa shape index (κ3) is 77.9. The van der Waals surface area contributed by atoms with Crippen LogP contribution in [0.15, 0.2) is 170 Å². The second-order valence-corrected chi connectivity index (χ2v) is 26.9. The highest BCUT2D eigenvalue weighted by Crippen LogP contribution is 2.18. The average Bonchev–Trinajstić information content (AvgIpc) is 3.74. The SMILES string of the molecule is CC/C=C\C/C=C\C/C=C\C/C=C\C/C=C\C/C=C\C/C=C\C/C=C\C/C=C\CCCCCCCCCC(=O)OC(COC(=O)CCCCCCCCCCCCCCCCCCCCCCC/C=C\C/C=C\C/C=C\C/C=C\C/C=C\CC)COC(OCC[N+](C)(C)C)C(=O)[O-]. The van der Waals surface area contributed by atoms with Crippen molar-refractivity contribution in [1.29, 1.82) is 0 Å². The van der Waals surface area contributed by atoms with Gasteiger partial charge in [-0.2, -0.15) is 0 Å². The van der Waals surface area contributed by atoms with E-state index in [-0.39, 0.29) is 38.6 Å². The number of hydrogen-bond acceptors (Lipinski definition) is 8.